The number of hydrogen-bond donors (Lipinski definition) is 2. The Morgan fingerprint density at radius 2 is 2.22 bits per heavy atom. The van der Waals surface area contributed by atoms with Crippen molar-refractivity contribution in [3.63, 3.8) is 0 Å². The average molecular weight is 270 g/mol. The summed E-state index contributed by atoms with van der Waals surface area (Å²) >= 11 is 1.58. The molecular weight excluding hydrogens is 252 g/mol. The van der Waals surface area contributed by atoms with Crippen LogP contribution in [0, 0.1) is 0 Å². The topological polar surface area (TPSA) is 69.6 Å². The molecule has 0 aliphatic heterocycles. The van der Waals surface area contributed by atoms with E-state index in [4.69, 9.17) is 5.11 Å². The van der Waals surface area contributed by atoms with Crippen molar-refractivity contribution in [3.8, 4) is 0 Å². The number of aliphatic carboxylic acids is 1. The monoisotopic (exact) mass is 270 g/mol. The highest BCUT2D eigenvalue weighted by Gasteiger charge is 2.12. The first-order chi connectivity index (χ1) is 8.61. The Hall–Kier alpha value is -1.40. The molecule has 100 valence electrons. The minimum atomic E-state index is -0.908. The first-order valence-electron chi connectivity index (χ1n) is 5.85. The zero-order valence-electron chi connectivity index (χ0n) is 10.4. The standard InChI is InChI=1S/C12H18N2O3S/c1-2-5-14(9-12(16)17)8-11(15)13-7-10-4-3-6-18-10/h3-4,6H,2,5,7-9H2,1H3,(H,13,15)(H,16,17). The number of nitrogens with zero attached hydrogens (tertiary/aromatic N) is 1. The van der Waals surface area contributed by atoms with Crippen LogP contribution in [-0.2, 0) is 16.1 Å². The van der Waals surface area contributed by atoms with Crippen molar-refractivity contribution in [2.75, 3.05) is 19.6 Å². The minimum absolute atomic E-state index is 0.0970. The van der Waals surface area contributed by atoms with Crippen LogP contribution in [-0.4, -0.2) is 41.5 Å². The molecule has 1 aromatic heterocycles. The Balaban J connectivity index is 2.33. The van der Waals surface area contributed by atoms with Crippen molar-refractivity contribution in [1.29, 1.82) is 0 Å². The van der Waals surface area contributed by atoms with Gasteiger partial charge in [-0.05, 0) is 24.4 Å². The number of rotatable bonds is 8. The lowest BCUT2D eigenvalue weighted by Crippen LogP contribution is -2.39. The van der Waals surface area contributed by atoms with Crippen molar-refractivity contribution in [2.24, 2.45) is 0 Å². The van der Waals surface area contributed by atoms with Gasteiger partial charge in [0.2, 0.25) is 5.91 Å². The molecule has 0 saturated carbocycles. The van der Waals surface area contributed by atoms with Gasteiger partial charge in [-0.3, -0.25) is 14.5 Å². The second-order valence-electron chi connectivity index (χ2n) is 3.96. The molecule has 0 bridgehead atoms. The number of amides is 1. The highest BCUT2D eigenvalue weighted by Crippen LogP contribution is 2.07. The highest BCUT2D eigenvalue weighted by atomic mass is 32.1. The lowest BCUT2D eigenvalue weighted by Gasteiger charge is -2.18. The lowest BCUT2D eigenvalue weighted by molar-refractivity contribution is -0.138. The summed E-state index contributed by atoms with van der Waals surface area (Å²) in [4.78, 5) is 25.0. The van der Waals surface area contributed by atoms with Crippen LogP contribution in [0.5, 0.6) is 0 Å². The number of hydrogen-bond acceptors (Lipinski definition) is 4. The van der Waals surface area contributed by atoms with Gasteiger partial charge in [-0.25, -0.2) is 0 Å². The van der Waals surface area contributed by atoms with E-state index in [1.54, 1.807) is 16.2 Å². The summed E-state index contributed by atoms with van der Waals surface area (Å²) in [6.07, 6.45) is 0.825. The van der Waals surface area contributed by atoms with Crippen molar-refractivity contribution in [1.82, 2.24) is 10.2 Å². The van der Waals surface area contributed by atoms with Crippen LogP contribution in [0.2, 0.25) is 0 Å². The third kappa shape index (κ3) is 5.79. The Labute approximate surface area is 110 Å². The van der Waals surface area contributed by atoms with Gasteiger partial charge in [0.25, 0.3) is 0 Å². The van der Waals surface area contributed by atoms with Crippen LogP contribution in [0.25, 0.3) is 0 Å². The number of thiophene rings is 1. The molecule has 1 amide bonds. The van der Waals surface area contributed by atoms with E-state index >= 15 is 0 Å². The molecule has 0 radical (unpaired) electrons. The molecule has 1 rings (SSSR count). The Kier molecular flexibility index (Phi) is 6.38. The molecule has 0 aliphatic carbocycles. The average Bonchev–Trinajstić information content (AvgIpc) is 2.78. The molecule has 0 aromatic carbocycles. The number of nitrogens with one attached hydrogen (secondary N) is 1. The molecule has 2 N–H and O–H groups in total. The second-order valence-corrected chi connectivity index (χ2v) is 4.99. The Morgan fingerprint density at radius 3 is 2.78 bits per heavy atom. The van der Waals surface area contributed by atoms with Gasteiger partial charge in [0.15, 0.2) is 0 Å². The van der Waals surface area contributed by atoms with Gasteiger partial charge in [-0.1, -0.05) is 13.0 Å². The first-order valence-corrected chi connectivity index (χ1v) is 6.73. The van der Waals surface area contributed by atoms with E-state index in [1.165, 1.54) is 0 Å². The third-order valence-corrected chi connectivity index (χ3v) is 3.18. The molecule has 0 saturated heterocycles. The summed E-state index contributed by atoms with van der Waals surface area (Å²) in [5.74, 6) is -1.05. The quantitative estimate of drug-likeness (QED) is 0.744. The normalized spacial score (nSPS) is 10.6. The van der Waals surface area contributed by atoms with E-state index in [0.717, 1.165) is 11.3 Å². The molecule has 5 nitrogen and oxygen atoms in total. The van der Waals surface area contributed by atoms with Crippen LogP contribution < -0.4 is 5.32 Å². The number of carboxylic acid groups (broad SMARTS) is 1. The molecule has 1 aromatic rings. The molecule has 6 heteroatoms. The van der Waals surface area contributed by atoms with Gasteiger partial charge in [0.05, 0.1) is 19.6 Å². The number of carboxylic acids is 1. The fraction of sp³-hybridized carbons (Fsp3) is 0.500. The van der Waals surface area contributed by atoms with E-state index in [9.17, 15) is 9.59 Å². The molecule has 0 unspecified atom stereocenters. The summed E-state index contributed by atoms with van der Waals surface area (Å²) in [5, 5.41) is 13.5. The van der Waals surface area contributed by atoms with Gasteiger partial charge in [0.1, 0.15) is 0 Å². The SMILES string of the molecule is CCCN(CC(=O)O)CC(=O)NCc1cccs1. The third-order valence-electron chi connectivity index (χ3n) is 2.31. The summed E-state index contributed by atoms with van der Waals surface area (Å²) in [5.41, 5.74) is 0. The van der Waals surface area contributed by atoms with Gasteiger partial charge in [-0.2, -0.15) is 0 Å². The van der Waals surface area contributed by atoms with Gasteiger partial charge in [-0.15, -0.1) is 11.3 Å². The maximum absolute atomic E-state index is 11.7. The molecular formula is C12H18N2O3S. The van der Waals surface area contributed by atoms with E-state index in [1.807, 2.05) is 24.4 Å². The summed E-state index contributed by atoms with van der Waals surface area (Å²) in [6, 6.07) is 3.88. The molecule has 18 heavy (non-hydrogen) atoms. The smallest absolute Gasteiger partial charge is 0.317 e. The summed E-state index contributed by atoms with van der Waals surface area (Å²) in [7, 11) is 0. The van der Waals surface area contributed by atoms with Crippen molar-refractivity contribution in [2.45, 2.75) is 19.9 Å². The summed E-state index contributed by atoms with van der Waals surface area (Å²) in [6.45, 7) is 3.10. The van der Waals surface area contributed by atoms with Gasteiger partial charge >= 0.3 is 5.97 Å². The maximum Gasteiger partial charge on any atom is 0.317 e. The predicted octanol–water partition coefficient (Wildman–Crippen LogP) is 1.16. The van der Waals surface area contributed by atoms with E-state index in [0.29, 0.717) is 13.1 Å². The van der Waals surface area contributed by atoms with Gasteiger partial charge in [0, 0.05) is 4.88 Å². The minimum Gasteiger partial charge on any atom is -0.480 e. The van der Waals surface area contributed by atoms with E-state index in [2.05, 4.69) is 5.32 Å². The largest absolute Gasteiger partial charge is 0.480 e. The fourth-order valence-electron chi connectivity index (χ4n) is 1.58. The van der Waals surface area contributed by atoms with Crippen LogP contribution in [0.15, 0.2) is 17.5 Å². The van der Waals surface area contributed by atoms with Crippen LogP contribution in [0.3, 0.4) is 0 Å². The number of carbonyl (C=O) groups is 2. The van der Waals surface area contributed by atoms with Gasteiger partial charge < -0.3 is 10.4 Å². The van der Waals surface area contributed by atoms with Crippen molar-refractivity contribution in [3.05, 3.63) is 22.4 Å². The van der Waals surface area contributed by atoms with Crippen LogP contribution in [0.4, 0.5) is 0 Å². The molecule has 1 heterocycles. The van der Waals surface area contributed by atoms with Crippen LogP contribution in [0.1, 0.15) is 18.2 Å². The zero-order valence-corrected chi connectivity index (χ0v) is 11.2. The van der Waals surface area contributed by atoms with Crippen LogP contribution >= 0.6 is 11.3 Å². The lowest BCUT2D eigenvalue weighted by atomic mass is 10.3. The van der Waals surface area contributed by atoms with Crippen molar-refractivity contribution < 1.29 is 14.7 Å². The Morgan fingerprint density at radius 1 is 1.44 bits per heavy atom. The van der Waals surface area contributed by atoms with E-state index in [-0.39, 0.29) is 19.0 Å². The highest BCUT2D eigenvalue weighted by molar-refractivity contribution is 7.09. The van der Waals surface area contributed by atoms with Crippen molar-refractivity contribution >= 4 is 23.2 Å². The molecule has 0 atom stereocenters. The first kappa shape index (κ1) is 14.7. The van der Waals surface area contributed by atoms with E-state index < -0.39 is 5.97 Å². The zero-order chi connectivity index (χ0) is 13.4. The predicted molar refractivity (Wildman–Crippen MR) is 70.5 cm³/mol. The Bertz CT molecular complexity index is 379. The molecule has 0 fully saturated rings. The maximum atomic E-state index is 11.7. The molecule has 0 aliphatic rings. The number of carbonyl (C=O) groups excluding carboxylic acids is 1. The summed E-state index contributed by atoms with van der Waals surface area (Å²) < 4.78 is 0. The molecule has 0 spiro atoms. The fourth-order valence-corrected chi connectivity index (χ4v) is 2.22. The second kappa shape index (κ2) is 7.84.